The number of nitrogens with zero attached hydrogens (tertiary/aromatic N) is 2. The second-order valence-electron chi connectivity index (χ2n) is 9.28. The summed E-state index contributed by atoms with van der Waals surface area (Å²) in [5.74, 6) is 0.403. The summed E-state index contributed by atoms with van der Waals surface area (Å²) in [5, 5.41) is 14.8. The van der Waals surface area contributed by atoms with Crippen LogP contribution in [0.1, 0.15) is 29.0 Å². The first-order chi connectivity index (χ1) is 19.0. The van der Waals surface area contributed by atoms with Crippen molar-refractivity contribution in [2.45, 2.75) is 18.8 Å². The van der Waals surface area contributed by atoms with Gasteiger partial charge in [0.1, 0.15) is 11.4 Å². The molecule has 5 aromatic rings. The van der Waals surface area contributed by atoms with E-state index in [1.165, 1.54) is 4.40 Å². The highest BCUT2D eigenvalue weighted by Gasteiger charge is 2.28. The van der Waals surface area contributed by atoms with E-state index in [2.05, 4.69) is 15.3 Å². The van der Waals surface area contributed by atoms with Crippen molar-refractivity contribution in [2.24, 2.45) is 0 Å². The van der Waals surface area contributed by atoms with Gasteiger partial charge in [0.2, 0.25) is 18.6 Å². The zero-order valence-corrected chi connectivity index (χ0v) is 21.1. The molecule has 10 nitrogen and oxygen atoms in total. The molecule has 0 saturated carbocycles. The van der Waals surface area contributed by atoms with Crippen LogP contribution in [0.5, 0.6) is 23.1 Å². The van der Waals surface area contributed by atoms with E-state index in [1.54, 1.807) is 49.7 Å². The number of carbonyl (C=O) groups excluding carboxylic acids is 1. The minimum absolute atomic E-state index is 0.0384. The van der Waals surface area contributed by atoms with Crippen molar-refractivity contribution in [3.8, 4) is 23.1 Å². The molecule has 6 rings (SSSR count). The first-order valence-electron chi connectivity index (χ1n) is 12.5. The number of carbonyl (C=O) groups is 1. The normalized spacial score (nSPS) is 13.1. The molecule has 3 N–H and O–H groups in total. The number of hydrogen-bond donors (Lipinski definition) is 3. The number of ether oxygens (including phenoxy) is 3. The second-order valence-corrected chi connectivity index (χ2v) is 9.28. The van der Waals surface area contributed by atoms with E-state index >= 15 is 0 Å². The van der Waals surface area contributed by atoms with Crippen molar-refractivity contribution in [2.75, 3.05) is 20.4 Å². The molecule has 1 amide bonds. The maximum atomic E-state index is 13.5. The molecule has 198 valence electrons. The van der Waals surface area contributed by atoms with Crippen LogP contribution < -0.4 is 25.1 Å². The maximum absolute atomic E-state index is 13.5. The number of amides is 1. The van der Waals surface area contributed by atoms with Crippen LogP contribution in [0.15, 0.2) is 71.8 Å². The summed E-state index contributed by atoms with van der Waals surface area (Å²) in [4.78, 5) is 34.2. The van der Waals surface area contributed by atoms with Crippen molar-refractivity contribution in [1.82, 2.24) is 19.7 Å². The minimum Gasteiger partial charge on any atom is -0.497 e. The molecule has 0 bridgehead atoms. The number of aromatic hydroxyl groups is 1. The summed E-state index contributed by atoms with van der Waals surface area (Å²) in [7, 11) is 1.62. The van der Waals surface area contributed by atoms with Crippen LogP contribution >= 0.6 is 0 Å². The summed E-state index contributed by atoms with van der Waals surface area (Å²) in [5.41, 5.74) is 2.57. The lowest BCUT2D eigenvalue weighted by Gasteiger charge is -2.19. The molecule has 0 saturated heterocycles. The highest BCUT2D eigenvalue weighted by molar-refractivity contribution is 5.85. The van der Waals surface area contributed by atoms with Crippen molar-refractivity contribution in [1.29, 1.82) is 0 Å². The Morgan fingerprint density at radius 2 is 2.05 bits per heavy atom. The maximum Gasteiger partial charge on any atom is 0.265 e. The Hall–Kier alpha value is -4.99. The van der Waals surface area contributed by atoms with Gasteiger partial charge in [0.15, 0.2) is 11.5 Å². The van der Waals surface area contributed by atoms with Gasteiger partial charge in [-0.3, -0.25) is 14.0 Å². The summed E-state index contributed by atoms with van der Waals surface area (Å²) in [6.07, 6.45) is 4.02. The van der Waals surface area contributed by atoms with Crippen LogP contribution in [0.3, 0.4) is 0 Å². The Labute approximate surface area is 222 Å². The van der Waals surface area contributed by atoms with E-state index in [9.17, 15) is 14.7 Å². The number of benzene rings is 2. The van der Waals surface area contributed by atoms with Gasteiger partial charge in [-0.05, 0) is 60.0 Å². The van der Waals surface area contributed by atoms with Gasteiger partial charge in [-0.15, -0.1) is 0 Å². The Bertz CT molecular complexity index is 1760. The van der Waals surface area contributed by atoms with Gasteiger partial charge >= 0.3 is 0 Å². The van der Waals surface area contributed by atoms with Crippen LogP contribution in [0, 0.1) is 0 Å². The Balaban J connectivity index is 1.27. The lowest BCUT2D eigenvalue weighted by atomic mass is 9.89. The molecule has 3 aromatic heterocycles. The van der Waals surface area contributed by atoms with Crippen molar-refractivity contribution < 1.29 is 24.1 Å². The summed E-state index contributed by atoms with van der Waals surface area (Å²) >= 11 is 0. The predicted octanol–water partition coefficient (Wildman–Crippen LogP) is 3.50. The zero-order chi connectivity index (χ0) is 26.9. The molecule has 0 fully saturated rings. The highest BCUT2D eigenvalue weighted by Crippen LogP contribution is 2.38. The second kappa shape index (κ2) is 10.1. The van der Waals surface area contributed by atoms with Crippen LogP contribution in [0.25, 0.3) is 16.6 Å². The van der Waals surface area contributed by atoms with Crippen LogP contribution in [0.4, 0.5) is 0 Å². The van der Waals surface area contributed by atoms with Crippen molar-refractivity contribution >= 4 is 22.5 Å². The van der Waals surface area contributed by atoms with Gasteiger partial charge in [0, 0.05) is 42.2 Å². The monoisotopic (exact) mass is 526 g/mol. The summed E-state index contributed by atoms with van der Waals surface area (Å²) < 4.78 is 17.6. The molecule has 1 aliphatic rings. The fourth-order valence-corrected chi connectivity index (χ4v) is 5.00. The van der Waals surface area contributed by atoms with E-state index in [1.807, 2.05) is 24.4 Å². The van der Waals surface area contributed by atoms with E-state index < -0.39 is 17.4 Å². The number of rotatable bonds is 8. The smallest absolute Gasteiger partial charge is 0.265 e. The third kappa shape index (κ3) is 4.61. The number of fused-ring (bicyclic) bond motifs is 3. The van der Waals surface area contributed by atoms with E-state index in [0.717, 1.165) is 22.2 Å². The summed E-state index contributed by atoms with van der Waals surface area (Å²) in [6, 6.07) is 16.1. The molecule has 0 aliphatic carbocycles. The fourth-order valence-electron chi connectivity index (χ4n) is 5.00. The first kappa shape index (κ1) is 24.4. The minimum atomic E-state index is -0.769. The van der Waals surface area contributed by atoms with Gasteiger partial charge in [0.05, 0.1) is 12.7 Å². The van der Waals surface area contributed by atoms with Gasteiger partial charge in [0.25, 0.3) is 5.56 Å². The van der Waals surface area contributed by atoms with Gasteiger partial charge < -0.3 is 29.6 Å². The third-order valence-electron chi connectivity index (χ3n) is 6.98. The Morgan fingerprint density at radius 1 is 1.18 bits per heavy atom. The van der Waals surface area contributed by atoms with Crippen LogP contribution in [-0.2, 0) is 11.2 Å². The fraction of sp³-hybridized carbons (Fsp3) is 0.207. The van der Waals surface area contributed by atoms with Crippen molar-refractivity contribution in [3.05, 3.63) is 94.0 Å². The molecule has 4 heterocycles. The SMILES string of the molecule is COc1ccc2[nH]cc(CCNC(=O)CC(c3ccc4c(c3)OCO4)c3c(O)nc4ccccn4c3=O)c2c1. The zero-order valence-electron chi connectivity index (χ0n) is 21.1. The number of aromatic amines is 1. The third-order valence-corrected chi connectivity index (χ3v) is 6.98. The van der Waals surface area contributed by atoms with Crippen LogP contribution in [0.2, 0.25) is 0 Å². The number of methoxy groups -OCH3 is 1. The average molecular weight is 527 g/mol. The number of nitrogens with one attached hydrogen (secondary N) is 2. The van der Waals surface area contributed by atoms with E-state index in [0.29, 0.717) is 35.7 Å². The molecule has 0 radical (unpaired) electrons. The molecule has 39 heavy (non-hydrogen) atoms. The lowest BCUT2D eigenvalue weighted by Crippen LogP contribution is -2.30. The largest absolute Gasteiger partial charge is 0.497 e. The molecule has 1 aliphatic heterocycles. The van der Waals surface area contributed by atoms with Crippen molar-refractivity contribution in [3.63, 3.8) is 0 Å². The standard InChI is InChI=1S/C29H26N4O6/c1-37-19-6-7-22-20(13-19)18(15-31-22)9-10-30-26(34)14-21(17-5-8-23-24(12-17)39-16-38-23)27-28(35)32-25-4-2-3-11-33(25)29(27)36/h2-8,11-13,15,21,31,35H,9-10,14,16H2,1H3,(H,30,34). The van der Waals surface area contributed by atoms with Gasteiger partial charge in [-0.25, -0.2) is 0 Å². The first-order valence-corrected chi connectivity index (χ1v) is 12.5. The molecule has 10 heteroatoms. The Kier molecular flexibility index (Phi) is 6.28. The molecular weight excluding hydrogens is 500 g/mol. The molecule has 1 atom stereocenters. The predicted molar refractivity (Wildman–Crippen MR) is 144 cm³/mol. The molecule has 2 aromatic carbocycles. The Morgan fingerprint density at radius 3 is 2.92 bits per heavy atom. The summed E-state index contributed by atoms with van der Waals surface area (Å²) in [6.45, 7) is 0.479. The molecule has 1 unspecified atom stereocenters. The quantitative estimate of drug-likeness (QED) is 0.282. The number of pyridine rings is 1. The van der Waals surface area contributed by atoms with Crippen LogP contribution in [-0.4, -0.2) is 45.8 Å². The lowest BCUT2D eigenvalue weighted by molar-refractivity contribution is -0.121. The van der Waals surface area contributed by atoms with E-state index in [4.69, 9.17) is 14.2 Å². The topological polar surface area (TPSA) is 127 Å². The van der Waals surface area contributed by atoms with E-state index in [-0.39, 0.29) is 24.7 Å². The number of aromatic nitrogens is 3. The van der Waals surface area contributed by atoms with Gasteiger partial charge in [-0.2, -0.15) is 4.98 Å². The van der Waals surface area contributed by atoms with Gasteiger partial charge in [-0.1, -0.05) is 12.1 Å². The molecule has 0 spiro atoms. The molecular formula is C29H26N4O6. The average Bonchev–Trinajstić information content (AvgIpc) is 3.58. The highest BCUT2D eigenvalue weighted by atomic mass is 16.7. The number of hydrogen-bond acceptors (Lipinski definition) is 7. The number of H-pyrrole nitrogens is 1.